The van der Waals surface area contributed by atoms with E-state index in [0.29, 0.717) is 6.61 Å². The standard InChI is InChI=1S/C14H26N2OS/c1-6-7-8-15-9-11-13(14(2,3)4)16-12(18-11)10-17-5/h15H,6-10H2,1-5H3. The monoisotopic (exact) mass is 270 g/mol. The quantitative estimate of drug-likeness (QED) is 0.770. The number of unbranched alkanes of at least 4 members (excludes halogenated alkanes) is 1. The Morgan fingerprint density at radius 2 is 2.06 bits per heavy atom. The minimum atomic E-state index is 0.101. The molecule has 3 nitrogen and oxygen atoms in total. The lowest BCUT2D eigenvalue weighted by Crippen LogP contribution is -2.19. The van der Waals surface area contributed by atoms with E-state index in [1.165, 1.54) is 23.4 Å². The lowest BCUT2D eigenvalue weighted by molar-refractivity contribution is 0.184. The molecule has 1 heterocycles. The summed E-state index contributed by atoms with van der Waals surface area (Å²) in [6.45, 7) is 11.5. The number of nitrogens with one attached hydrogen (secondary N) is 1. The van der Waals surface area contributed by atoms with Crippen LogP contribution in [0.15, 0.2) is 0 Å². The summed E-state index contributed by atoms with van der Waals surface area (Å²) in [6, 6.07) is 0. The van der Waals surface area contributed by atoms with Crippen molar-refractivity contribution in [3.05, 3.63) is 15.6 Å². The second-order valence-electron chi connectivity index (χ2n) is 5.59. The fourth-order valence-electron chi connectivity index (χ4n) is 1.80. The molecule has 0 saturated carbocycles. The van der Waals surface area contributed by atoms with Gasteiger partial charge in [0.15, 0.2) is 0 Å². The van der Waals surface area contributed by atoms with Gasteiger partial charge in [0, 0.05) is 23.9 Å². The number of hydrogen-bond acceptors (Lipinski definition) is 4. The third-order valence-corrected chi connectivity index (χ3v) is 3.74. The molecule has 0 saturated heterocycles. The van der Waals surface area contributed by atoms with E-state index in [1.807, 2.05) is 0 Å². The molecule has 0 bridgehead atoms. The van der Waals surface area contributed by atoms with Gasteiger partial charge < -0.3 is 10.1 Å². The molecule has 1 rings (SSSR count). The van der Waals surface area contributed by atoms with Gasteiger partial charge in [0.05, 0.1) is 12.3 Å². The number of ether oxygens (including phenoxy) is 1. The topological polar surface area (TPSA) is 34.1 Å². The van der Waals surface area contributed by atoms with Crippen LogP contribution in [0.25, 0.3) is 0 Å². The molecule has 0 spiro atoms. The van der Waals surface area contributed by atoms with Crippen LogP contribution in [0.2, 0.25) is 0 Å². The van der Waals surface area contributed by atoms with Crippen LogP contribution in [0, 0.1) is 0 Å². The molecule has 0 aromatic carbocycles. The molecule has 18 heavy (non-hydrogen) atoms. The smallest absolute Gasteiger partial charge is 0.119 e. The first-order chi connectivity index (χ1) is 8.49. The molecule has 0 atom stereocenters. The molecule has 104 valence electrons. The Labute approximate surface area is 115 Å². The van der Waals surface area contributed by atoms with E-state index in [0.717, 1.165) is 18.1 Å². The van der Waals surface area contributed by atoms with Gasteiger partial charge in [0.2, 0.25) is 0 Å². The number of hydrogen-bond donors (Lipinski definition) is 1. The van der Waals surface area contributed by atoms with Crippen LogP contribution in [0.1, 0.15) is 56.1 Å². The van der Waals surface area contributed by atoms with Crippen molar-refractivity contribution in [2.45, 2.75) is 59.1 Å². The lowest BCUT2D eigenvalue weighted by atomic mass is 9.91. The molecule has 0 aliphatic rings. The summed E-state index contributed by atoms with van der Waals surface area (Å²) in [6.07, 6.45) is 2.46. The van der Waals surface area contributed by atoms with E-state index < -0.39 is 0 Å². The Kier molecular flexibility index (Phi) is 6.26. The van der Waals surface area contributed by atoms with Gasteiger partial charge in [-0.05, 0) is 13.0 Å². The van der Waals surface area contributed by atoms with Crippen LogP contribution >= 0.6 is 11.3 Å². The first kappa shape index (κ1) is 15.6. The van der Waals surface area contributed by atoms with Crippen molar-refractivity contribution in [2.75, 3.05) is 13.7 Å². The Morgan fingerprint density at radius 1 is 1.33 bits per heavy atom. The third kappa shape index (κ3) is 4.67. The number of thiazole rings is 1. The maximum Gasteiger partial charge on any atom is 0.119 e. The molecular weight excluding hydrogens is 244 g/mol. The van der Waals surface area contributed by atoms with E-state index in [4.69, 9.17) is 9.72 Å². The van der Waals surface area contributed by atoms with Crippen molar-refractivity contribution in [1.29, 1.82) is 0 Å². The highest BCUT2D eigenvalue weighted by molar-refractivity contribution is 7.11. The number of aromatic nitrogens is 1. The van der Waals surface area contributed by atoms with Gasteiger partial charge in [-0.1, -0.05) is 34.1 Å². The van der Waals surface area contributed by atoms with Crippen LogP contribution in [0.5, 0.6) is 0 Å². The van der Waals surface area contributed by atoms with Crippen molar-refractivity contribution in [3.8, 4) is 0 Å². The largest absolute Gasteiger partial charge is 0.378 e. The van der Waals surface area contributed by atoms with Crippen LogP contribution in [0.3, 0.4) is 0 Å². The van der Waals surface area contributed by atoms with Gasteiger partial charge in [0.1, 0.15) is 5.01 Å². The van der Waals surface area contributed by atoms with Crippen molar-refractivity contribution in [3.63, 3.8) is 0 Å². The van der Waals surface area contributed by atoms with Crippen molar-refractivity contribution in [2.24, 2.45) is 0 Å². The normalized spacial score (nSPS) is 12.1. The maximum atomic E-state index is 5.18. The summed E-state index contributed by atoms with van der Waals surface area (Å²) in [7, 11) is 1.72. The second kappa shape index (κ2) is 7.22. The fraction of sp³-hybridized carbons (Fsp3) is 0.786. The first-order valence-corrected chi connectivity index (χ1v) is 7.49. The Bertz CT molecular complexity index is 355. The molecule has 0 aliphatic carbocycles. The van der Waals surface area contributed by atoms with Crippen LogP contribution in [-0.4, -0.2) is 18.6 Å². The van der Waals surface area contributed by atoms with E-state index in [1.54, 1.807) is 18.4 Å². The van der Waals surface area contributed by atoms with Gasteiger partial charge in [0.25, 0.3) is 0 Å². The van der Waals surface area contributed by atoms with E-state index in [9.17, 15) is 0 Å². The van der Waals surface area contributed by atoms with E-state index >= 15 is 0 Å². The predicted octanol–water partition coefficient (Wildman–Crippen LogP) is 3.48. The van der Waals surface area contributed by atoms with Crippen LogP contribution in [0.4, 0.5) is 0 Å². The van der Waals surface area contributed by atoms with Crippen molar-refractivity contribution < 1.29 is 4.74 Å². The summed E-state index contributed by atoms with van der Waals surface area (Å²) in [5, 5.41) is 4.58. The van der Waals surface area contributed by atoms with E-state index in [2.05, 4.69) is 33.0 Å². The minimum absolute atomic E-state index is 0.101. The summed E-state index contributed by atoms with van der Waals surface area (Å²) in [5.74, 6) is 0. The minimum Gasteiger partial charge on any atom is -0.378 e. The third-order valence-electron chi connectivity index (χ3n) is 2.71. The van der Waals surface area contributed by atoms with Gasteiger partial charge in [-0.3, -0.25) is 0 Å². The van der Waals surface area contributed by atoms with Crippen molar-refractivity contribution in [1.82, 2.24) is 10.3 Å². The average molecular weight is 270 g/mol. The summed E-state index contributed by atoms with van der Waals surface area (Å²) >= 11 is 1.77. The molecular formula is C14H26N2OS. The Hall–Kier alpha value is -0.450. The Morgan fingerprint density at radius 3 is 2.61 bits per heavy atom. The highest BCUT2D eigenvalue weighted by atomic mass is 32.1. The lowest BCUT2D eigenvalue weighted by Gasteiger charge is -2.17. The zero-order chi connectivity index (χ0) is 13.6. The first-order valence-electron chi connectivity index (χ1n) is 6.67. The zero-order valence-corrected chi connectivity index (χ0v) is 13.1. The second-order valence-corrected chi connectivity index (χ2v) is 6.76. The van der Waals surface area contributed by atoms with Crippen molar-refractivity contribution >= 4 is 11.3 Å². The van der Waals surface area contributed by atoms with Gasteiger partial charge >= 0.3 is 0 Å². The molecule has 0 amide bonds. The number of nitrogens with zero attached hydrogens (tertiary/aromatic N) is 1. The Balaban J connectivity index is 2.73. The van der Waals surface area contributed by atoms with Gasteiger partial charge in [-0.15, -0.1) is 11.3 Å². The van der Waals surface area contributed by atoms with Gasteiger partial charge in [-0.2, -0.15) is 0 Å². The summed E-state index contributed by atoms with van der Waals surface area (Å²) in [5.41, 5.74) is 1.31. The molecule has 0 aliphatic heterocycles. The number of rotatable bonds is 7. The fourth-order valence-corrected chi connectivity index (χ4v) is 3.02. The van der Waals surface area contributed by atoms with Gasteiger partial charge in [-0.25, -0.2) is 4.98 Å². The van der Waals surface area contributed by atoms with Crippen LogP contribution < -0.4 is 5.32 Å². The average Bonchev–Trinajstić information content (AvgIpc) is 2.68. The molecule has 0 radical (unpaired) electrons. The zero-order valence-electron chi connectivity index (χ0n) is 12.3. The molecule has 0 fully saturated rings. The number of methoxy groups -OCH3 is 1. The molecule has 1 aromatic rings. The highest BCUT2D eigenvalue weighted by Crippen LogP contribution is 2.29. The summed E-state index contributed by atoms with van der Waals surface area (Å²) in [4.78, 5) is 6.08. The molecule has 1 N–H and O–H groups in total. The summed E-state index contributed by atoms with van der Waals surface area (Å²) < 4.78 is 5.18. The van der Waals surface area contributed by atoms with Crippen LogP contribution in [-0.2, 0) is 23.3 Å². The highest BCUT2D eigenvalue weighted by Gasteiger charge is 2.22. The maximum absolute atomic E-state index is 5.18. The SMILES string of the molecule is CCCCNCc1sc(COC)nc1C(C)(C)C. The predicted molar refractivity (Wildman–Crippen MR) is 78.1 cm³/mol. The molecule has 0 unspecified atom stereocenters. The molecule has 1 aromatic heterocycles. The van der Waals surface area contributed by atoms with E-state index in [-0.39, 0.29) is 5.41 Å². The molecule has 4 heteroatoms.